The molecule has 0 aliphatic carbocycles. The SMILES string of the molecule is COc1cnnc(CC(C)(C)C)c1. The largest absolute Gasteiger partial charge is 0.495 e. The van der Waals surface area contributed by atoms with Crippen molar-refractivity contribution in [2.75, 3.05) is 7.11 Å². The van der Waals surface area contributed by atoms with Gasteiger partial charge in [-0.25, -0.2) is 0 Å². The minimum absolute atomic E-state index is 0.237. The first-order chi connectivity index (χ1) is 6.01. The van der Waals surface area contributed by atoms with E-state index in [4.69, 9.17) is 4.74 Å². The van der Waals surface area contributed by atoms with E-state index in [0.29, 0.717) is 0 Å². The lowest BCUT2D eigenvalue weighted by atomic mass is 9.90. The first kappa shape index (κ1) is 9.96. The maximum Gasteiger partial charge on any atom is 0.140 e. The van der Waals surface area contributed by atoms with Gasteiger partial charge in [0.05, 0.1) is 19.0 Å². The van der Waals surface area contributed by atoms with E-state index in [-0.39, 0.29) is 5.41 Å². The van der Waals surface area contributed by atoms with Gasteiger partial charge in [0.1, 0.15) is 5.75 Å². The van der Waals surface area contributed by atoms with Gasteiger partial charge in [-0.15, -0.1) is 0 Å². The smallest absolute Gasteiger partial charge is 0.140 e. The first-order valence-corrected chi connectivity index (χ1v) is 4.37. The summed E-state index contributed by atoms with van der Waals surface area (Å²) < 4.78 is 5.07. The molecule has 0 unspecified atom stereocenters. The van der Waals surface area contributed by atoms with Crippen molar-refractivity contribution in [3.63, 3.8) is 0 Å². The lowest BCUT2D eigenvalue weighted by Crippen LogP contribution is -2.11. The van der Waals surface area contributed by atoms with Crippen LogP contribution in [0.2, 0.25) is 0 Å². The zero-order valence-corrected chi connectivity index (χ0v) is 8.66. The van der Waals surface area contributed by atoms with E-state index in [1.165, 1.54) is 0 Å². The summed E-state index contributed by atoms with van der Waals surface area (Å²) >= 11 is 0. The molecule has 1 aromatic heterocycles. The lowest BCUT2D eigenvalue weighted by Gasteiger charge is -2.16. The average Bonchev–Trinajstić information content (AvgIpc) is 2.01. The number of methoxy groups -OCH3 is 1. The Balaban J connectivity index is 2.78. The Kier molecular flexibility index (Phi) is 2.86. The summed E-state index contributed by atoms with van der Waals surface area (Å²) in [6.07, 6.45) is 2.53. The van der Waals surface area contributed by atoms with E-state index < -0.39 is 0 Å². The number of ether oxygens (including phenoxy) is 1. The van der Waals surface area contributed by atoms with E-state index in [2.05, 4.69) is 31.0 Å². The quantitative estimate of drug-likeness (QED) is 0.699. The summed E-state index contributed by atoms with van der Waals surface area (Å²) in [4.78, 5) is 0. The molecule has 0 N–H and O–H groups in total. The molecule has 0 atom stereocenters. The molecule has 72 valence electrons. The van der Waals surface area contributed by atoms with Crippen molar-refractivity contribution in [3.05, 3.63) is 18.0 Å². The summed E-state index contributed by atoms with van der Waals surface area (Å²) in [5.74, 6) is 0.772. The third kappa shape index (κ3) is 3.40. The van der Waals surface area contributed by atoms with Crippen LogP contribution in [0.25, 0.3) is 0 Å². The molecule has 0 amide bonds. The van der Waals surface area contributed by atoms with Crippen LogP contribution >= 0.6 is 0 Å². The van der Waals surface area contributed by atoms with Crippen LogP contribution in [0, 0.1) is 5.41 Å². The zero-order chi connectivity index (χ0) is 9.90. The second-order valence-corrected chi connectivity index (χ2v) is 4.32. The number of rotatable bonds is 2. The predicted molar refractivity (Wildman–Crippen MR) is 51.7 cm³/mol. The average molecular weight is 180 g/mol. The molecule has 0 bridgehead atoms. The fraction of sp³-hybridized carbons (Fsp3) is 0.600. The Labute approximate surface area is 79.1 Å². The molecular weight excluding hydrogens is 164 g/mol. The molecular formula is C10H16N2O. The van der Waals surface area contributed by atoms with Crippen LogP contribution in [0.1, 0.15) is 26.5 Å². The molecule has 1 rings (SSSR count). The van der Waals surface area contributed by atoms with Crippen LogP contribution < -0.4 is 4.74 Å². The molecule has 0 saturated heterocycles. The van der Waals surface area contributed by atoms with E-state index in [0.717, 1.165) is 17.9 Å². The topological polar surface area (TPSA) is 35.0 Å². The molecule has 0 spiro atoms. The van der Waals surface area contributed by atoms with E-state index in [1.54, 1.807) is 13.3 Å². The highest BCUT2D eigenvalue weighted by Crippen LogP contribution is 2.20. The second kappa shape index (κ2) is 3.73. The lowest BCUT2D eigenvalue weighted by molar-refractivity contribution is 0.393. The van der Waals surface area contributed by atoms with Gasteiger partial charge in [-0.05, 0) is 11.8 Å². The van der Waals surface area contributed by atoms with Crippen molar-refractivity contribution < 1.29 is 4.74 Å². The fourth-order valence-electron chi connectivity index (χ4n) is 1.13. The Hall–Kier alpha value is -1.12. The number of hydrogen-bond acceptors (Lipinski definition) is 3. The molecule has 0 radical (unpaired) electrons. The molecule has 1 heterocycles. The summed E-state index contributed by atoms with van der Waals surface area (Å²) in [5, 5.41) is 7.91. The molecule has 1 aromatic rings. The van der Waals surface area contributed by atoms with Crippen LogP contribution in [-0.2, 0) is 6.42 Å². The van der Waals surface area contributed by atoms with Crippen LogP contribution in [0.15, 0.2) is 12.3 Å². The number of aromatic nitrogens is 2. The maximum atomic E-state index is 5.07. The highest BCUT2D eigenvalue weighted by Gasteiger charge is 2.12. The van der Waals surface area contributed by atoms with Gasteiger partial charge in [0.2, 0.25) is 0 Å². The van der Waals surface area contributed by atoms with Crippen molar-refractivity contribution >= 4 is 0 Å². The molecule has 0 aliphatic heterocycles. The highest BCUT2D eigenvalue weighted by atomic mass is 16.5. The van der Waals surface area contributed by atoms with Gasteiger partial charge in [0.15, 0.2) is 0 Å². The Morgan fingerprint density at radius 1 is 1.38 bits per heavy atom. The standard InChI is InChI=1S/C10H16N2O/c1-10(2,3)6-8-5-9(13-4)7-11-12-8/h5,7H,6H2,1-4H3. The predicted octanol–water partition coefficient (Wildman–Crippen LogP) is 2.07. The van der Waals surface area contributed by atoms with Gasteiger partial charge in [-0.1, -0.05) is 20.8 Å². The third-order valence-electron chi connectivity index (χ3n) is 1.63. The van der Waals surface area contributed by atoms with Crippen molar-refractivity contribution in [1.29, 1.82) is 0 Å². The van der Waals surface area contributed by atoms with Gasteiger partial charge in [0, 0.05) is 6.07 Å². The van der Waals surface area contributed by atoms with Crippen LogP contribution in [-0.4, -0.2) is 17.3 Å². The van der Waals surface area contributed by atoms with Gasteiger partial charge < -0.3 is 4.74 Å². The van der Waals surface area contributed by atoms with Gasteiger partial charge >= 0.3 is 0 Å². The van der Waals surface area contributed by atoms with Crippen LogP contribution in [0.3, 0.4) is 0 Å². The van der Waals surface area contributed by atoms with E-state index in [9.17, 15) is 0 Å². The summed E-state index contributed by atoms with van der Waals surface area (Å²) in [6, 6.07) is 1.93. The molecule has 0 aliphatic rings. The van der Waals surface area contributed by atoms with Crippen LogP contribution in [0.4, 0.5) is 0 Å². The Morgan fingerprint density at radius 2 is 2.08 bits per heavy atom. The number of hydrogen-bond donors (Lipinski definition) is 0. The van der Waals surface area contributed by atoms with Crippen molar-refractivity contribution in [3.8, 4) is 5.75 Å². The van der Waals surface area contributed by atoms with Crippen LogP contribution in [0.5, 0.6) is 5.75 Å². The van der Waals surface area contributed by atoms with Crippen molar-refractivity contribution in [2.45, 2.75) is 27.2 Å². The minimum Gasteiger partial charge on any atom is -0.495 e. The van der Waals surface area contributed by atoms with Gasteiger partial charge in [-0.2, -0.15) is 10.2 Å². The Bertz CT molecular complexity index is 278. The highest BCUT2D eigenvalue weighted by molar-refractivity contribution is 5.19. The van der Waals surface area contributed by atoms with Crippen molar-refractivity contribution in [1.82, 2.24) is 10.2 Å². The number of nitrogens with zero attached hydrogens (tertiary/aromatic N) is 2. The van der Waals surface area contributed by atoms with Gasteiger partial charge in [0.25, 0.3) is 0 Å². The summed E-state index contributed by atoms with van der Waals surface area (Å²) in [7, 11) is 1.64. The summed E-state index contributed by atoms with van der Waals surface area (Å²) in [5.41, 5.74) is 1.22. The molecule has 0 fully saturated rings. The zero-order valence-electron chi connectivity index (χ0n) is 8.66. The van der Waals surface area contributed by atoms with Crippen molar-refractivity contribution in [2.24, 2.45) is 5.41 Å². The Morgan fingerprint density at radius 3 is 2.62 bits per heavy atom. The molecule has 3 heteroatoms. The van der Waals surface area contributed by atoms with Gasteiger partial charge in [-0.3, -0.25) is 0 Å². The monoisotopic (exact) mass is 180 g/mol. The maximum absolute atomic E-state index is 5.07. The molecule has 0 aromatic carbocycles. The minimum atomic E-state index is 0.237. The second-order valence-electron chi connectivity index (χ2n) is 4.32. The third-order valence-corrected chi connectivity index (χ3v) is 1.63. The first-order valence-electron chi connectivity index (χ1n) is 4.37. The van der Waals surface area contributed by atoms with E-state index >= 15 is 0 Å². The normalized spacial score (nSPS) is 11.4. The fourth-order valence-corrected chi connectivity index (χ4v) is 1.13. The molecule has 13 heavy (non-hydrogen) atoms. The van der Waals surface area contributed by atoms with E-state index in [1.807, 2.05) is 6.07 Å². The molecule has 0 saturated carbocycles. The summed E-state index contributed by atoms with van der Waals surface area (Å²) in [6.45, 7) is 6.52. The molecule has 3 nitrogen and oxygen atoms in total.